The Hall–Kier alpha value is -2.46. The van der Waals surface area contributed by atoms with Gasteiger partial charge < -0.3 is 19.7 Å². The molecule has 0 aliphatic carbocycles. The Morgan fingerprint density at radius 1 is 1.36 bits per heavy atom. The van der Waals surface area contributed by atoms with Crippen molar-refractivity contribution < 1.29 is 23.4 Å². The van der Waals surface area contributed by atoms with Gasteiger partial charge in [-0.15, -0.1) is 0 Å². The summed E-state index contributed by atoms with van der Waals surface area (Å²) in [6.07, 6.45) is -0.965. The van der Waals surface area contributed by atoms with Crippen molar-refractivity contribution >= 4 is 44.8 Å². The van der Waals surface area contributed by atoms with E-state index in [-0.39, 0.29) is 17.3 Å². The van der Waals surface area contributed by atoms with Gasteiger partial charge >= 0.3 is 12.7 Å². The third kappa shape index (κ3) is 3.26. The highest BCUT2D eigenvalue weighted by Gasteiger charge is 2.39. The number of carboxylic acid groups (broad SMARTS) is 1. The zero-order valence-corrected chi connectivity index (χ0v) is 16.3. The molecule has 0 fully saturated rings. The predicted molar refractivity (Wildman–Crippen MR) is 100.0 cm³/mol. The Morgan fingerprint density at radius 2 is 2.14 bits per heavy atom. The predicted octanol–water partition coefficient (Wildman–Crippen LogP) is 4.75. The van der Waals surface area contributed by atoms with E-state index in [0.717, 1.165) is 0 Å². The second kappa shape index (κ2) is 7.17. The molecule has 3 heterocycles. The summed E-state index contributed by atoms with van der Waals surface area (Å²) in [7, 11) is 0. The van der Waals surface area contributed by atoms with Crippen LogP contribution in [0.2, 0.25) is 5.15 Å². The number of nitrogens with zero attached hydrogens (tertiary/aromatic N) is 3. The molecule has 0 unspecified atom stereocenters. The molecule has 1 aliphatic rings. The number of benzene rings is 1. The van der Waals surface area contributed by atoms with Crippen LogP contribution in [0.25, 0.3) is 11.2 Å². The van der Waals surface area contributed by atoms with Gasteiger partial charge in [0.25, 0.3) is 0 Å². The van der Waals surface area contributed by atoms with Gasteiger partial charge in [-0.05, 0) is 24.3 Å². The normalized spacial score (nSPS) is 18.5. The molecule has 28 heavy (non-hydrogen) atoms. The van der Waals surface area contributed by atoms with Crippen molar-refractivity contribution in [1.82, 2.24) is 19.9 Å². The van der Waals surface area contributed by atoms with E-state index in [1.807, 2.05) is 0 Å². The fraction of sp³-hybridized carbons (Fsp3) is 0.235. The summed E-state index contributed by atoms with van der Waals surface area (Å²) in [6, 6.07) is 6.75. The summed E-state index contributed by atoms with van der Waals surface area (Å²) in [5.41, 5.74) is 1.39. The summed E-state index contributed by atoms with van der Waals surface area (Å²) in [6.45, 7) is -3.01. The van der Waals surface area contributed by atoms with Gasteiger partial charge in [-0.3, -0.25) is 0 Å². The molecule has 2 aromatic heterocycles. The number of halogens is 4. The van der Waals surface area contributed by atoms with E-state index >= 15 is 0 Å². The number of alkyl halides is 2. The molecule has 0 saturated heterocycles. The Bertz CT molecular complexity index is 1080. The van der Waals surface area contributed by atoms with Crippen molar-refractivity contribution in [3.63, 3.8) is 0 Å². The van der Waals surface area contributed by atoms with Gasteiger partial charge in [0.05, 0.1) is 12.1 Å². The monoisotopic (exact) mass is 472 g/mol. The van der Waals surface area contributed by atoms with Crippen LogP contribution in [0, 0.1) is 0 Å². The highest BCUT2D eigenvalue weighted by atomic mass is 79.9. The maximum Gasteiger partial charge on any atom is 0.405 e. The Morgan fingerprint density at radius 3 is 2.86 bits per heavy atom. The van der Waals surface area contributed by atoms with Crippen molar-refractivity contribution in [3.8, 4) is 5.75 Å². The number of amides is 1. The molecule has 1 amide bonds. The Balaban J connectivity index is 1.92. The molecule has 2 atom stereocenters. The van der Waals surface area contributed by atoms with E-state index in [0.29, 0.717) is 27.0 Å². The standard InChI is InChI=1S/C17H12BrClF2N4O3/c18-7-2-1-3-11(28-16(20)21)13(7)10-6-9(23-17(26)27)15-22-8-4-5-12(19)24-14(8)25(10)15/h1-5,9-10,16,23H,6H2,(H,26,27)/t9-,10-/m1/s1. The third-order valence-corrected chi connectivity index (χ3v) is 5.37. The number of nitrogens with one attached hydrogen (secondary N) is 1. The third-order valence-electron chi connectivity index (χ3n) is 4.47. The van der Waals surface area contributed by atoms with E-state index in [9.17, 15) is 18.7 Å². The van der Waals surface area contributed by atoms with Crippen LogP contribution in [0.15, 0.2) is 34.8 Å². The number of imidazole rings is 1. The van der Waals surface area contributed by atoms with Gasteiger partial charge in [-0.1, -0.05) is 33.6 Å². The first kappa shape index (κ1) is 18.9. The molecule has 2 N–H and O–H groups in total. The molecular formula is C17H12BrClF2N4O3. The number of carbonyl (C=O) groups is 1. The highest BCUT2D eigenvalue weighted by Crippen LogP contribution is 2.46. The lowest BCUT2D eigenvalue weighted by Crippen LogP contribution is -2.25. The second-order valence-electron chi connectivity index (χ2n) is 6.10. The SMILES string of the molecule is O=C(O)N[C@@H]1C[C@H](c2c(Br)cccc2OC(F)F)n2c1nc1ccc(Cl)nc12. The molecule has 1 aromatic carbocycles. The summed E-state index contributed by atoms with van der Waals surface area (Å²) in [5, 5.41) is 11.8. The largest absolute Gasteiger partial charge is 0.465 e. The van der Waals surface area contributed by atoms with E-state index in [4.69, 9.17) is 16.3 Å². The summed E-state index contributed by atoms with van der Waals surface area (Å²) < 4.78 is 32.8. The fourth-order valence-electron chi connectivity index (χ4n) is 3.51. The average Bonchev–Trinajstić information content (AvgIpc) is 3.12. The van der Waals surface area contributed by atoms with Crippen molar-refractivity contribution in [2.45, 2.75) is 25.1 Å². The molecule has 4 rings (SSSR count). The van der Waals surface area contributed by atoms with Gasteiger partial charge in [0.15, 0.2) is 5.65 Å². The van der Waals surface area contributed by atoms with Crippen LogP contribution in [-0.4, -0.2) is 32.3 Å². The van der Waals surface area contributed by atoms with Crippen molar-refractivity contribution in [2.75, 3.05) is 0 Å². The summed E-state index contributed by atoms with van der Waals surface area (Å²) >= 11 is 9.42. The van der Waals surface area contributed by atoms with Crippen LogP contribution in [-0.2, 0) is 0 Å². The van der Waals surface area contributed by atoms with Crippen LogP contribution in [0.3, 0.4) is 0 Å². The molecule has 7 nitrogen and oxygen atoms in total. The lowest BCUT2D eigenvalue weighted by Gasteiger charge is -2.20. The van der Waals surface area contributed by atoms with Crippen molar-refractivity contribution in [2.24, 2.45) is 0 Å². The first-order valence-corrected chi connectivity index (χ1v) is 9.29. The van der Waals surface area contributed by atoms with Gasteiger partial charge in [-0.2, -0.15) is 8.78 Å². The van der Waals surface area contributed by atoms with E-state index in [1.165, 1.54) is 6.07 Å². The number of rotatable bonds is 4. The van der Waals surface area contributed by atoms with Gasteiger partial charge in [0.1, 0.15) is 22.2 Å². The lowest BCUT2D eigenvalue weighted by molar-refractivity contribution is -0.0507. The topological polar surface area (TPSA) is 89.3 Å². The maximum atomic E-state index is 12.9. The molecule has 3 aromatic rings. The van der Waals surface area contributed by atoms with Gasteiger partial charge in [-0.25, -0.2) is 14.8 Å². The number of pyridine rings is 1. The van der Waals surface area contributed by atoms with Crippen molar-refractivity contribution in [3.05, 3.63) is 51.3 Å². The average molecular weight is 474 g/mol. The fourth-order valence-corrected chi connectivity index (χ4v) is 4.27. The summed E-state index contributed by atoms with van der Waals surface area (Å²) in [4.78, 5) is 20.0. The molecule has 0 bridgehead atoms. The highest BCUT2D eigenvalue weighted by molar-refractivity contribution is 9.10. The van der Waals surface area contributed by atoms with Crippen molar-refractivity contribution in [1.29, 1.82) is 0 Å². The van der Waals surface area contributed by atoms with E-state index < -0.39 is 24.8 Å². The second-order valence-corrected chi connectivity index (χ2v) is 7.34. The molecule has 1 aliphatic heterocycles. The van der Waals surface area contributed by atoms with Gasteiger partial charge in [0.2, 0.25) is 0 Å². The van der Waals surface area contributed by atoms with Crippen LogP contribution in [0.5, 0.6) is 5.75 Å². The Labute approximate surface area is 170 Å². The number of hydrogen-bond acceptors (Lipinski definition) is 4. The van der Waals surface area contributed by atoms with Crippen LogP contribution < -0.4 is 10.1 Å². The number of aromatic nitrogens is 3. The summed E-state index contributed by atoms with van der Waals surface area (Å²) in [5.74, 6) is 0.413. The minimum Gasteiger partial charge on any atom is -0.465 e. The zero-order chi connectivity index (χ0) is 20.0. The number of hydrogen-bond donors (Lipinski definition) is 2. The smallest absolute Gasteiger partial charge is 0.405 e. The first-order chi connectivity index (χ1) is 13.3. The van der Waals surface area contributed by atoms with Crippen LogP contribution >= 0.6 is 27.5 Å². The van der Waals surface area contributed by atoms with E-state index in [1.54, 1.807) is 28.8 Å². The molecule has 11 heteroatoms. The quantitative estimate of drug-likeness (QED) is 0.534. The molecule has 0 spiro atoms. The number of fused-ring (bicyclic) bond motifs is 3. The van der Waals surface area contributed by atoms with Crippen LogP contribution in [0.4, 0.5) is 13.6 Å². The van der Waals surface area contributed by atoms with Crippen LogP contribution in [0.1, 0.15) is 29.9 Å². The molecule has 0 saturated carbocycles. The number of ether oxygens (including phenoxy) is 1. The maximum absolute atomic E-state index is 12.9. The lowest BCUT2D eigenvalue weighted by atomic mass is 10.0. The molecule has 0 radical (unpaired) electrons. The zero-order valence-electron chi connectivity index (χ0n) is 13.9. The molecular weight excluding hydrogens is 462 g/mol. The van der Waals surface area contributed by atoms with E-state index in [2.05, 4.69) is 31.2 Å². The molecule has 146 valence electrons. The minimum absolute atomic E-state index is 0.0137. The Kier molecular flexibility index (Phi) is 4.84. The first-order valence-electron chi connectivity index (χ1n) is 8.12. The minimum atomic E-state index is -3.01. The van der Waals surface area contributed by atoms with Gasteiger partial charge in [0, 0.05) is 16.5 Å².